The summed E-state index contributed by atoms with van der Waals surface area (Å²) in [6.07, 6.45) is 0.489. The molecule has 142 valence electrons. The van der Waals surface area contributed by atoms with E-state index < -0.39 is 6.10 Å². The van der Waals surface area contributed by atoms with Gasteiger partial charge in [0.2, 0.25) is 0 Å². The van der Waals surface area contributed by atoms with Gasteiger partial charge in [-0.2, -0.15) is 0 Å². The van der Waals surface area contributed by atoms with Gasteiger partial charge in [-0.3, -0.25) is 4.90 Å². The van der Waals surface area contributed by atoms with Gasteiger partial charge in [-0.05, 0) is 49.6 Å². The lowest BCUT2D eigenvalue weighted by molar-refractivity contribution is 0.0504. The first-order valence-electron chi connectivity index (χ1n) is 9.27. The number of aliphatic hydroxyl groups is 1. The molecule has 2 aromatic rings. The number of aryl methyl sites for hydroxylation is 1. The van der Waals surface area contributed by atoms with E-state index in [9.17, 15) is 5.11 Å². The number of rotatable bonds is 10. The van der Waals surface area contributed by atoms with Crippen molar-refractivity contribution in [3.05, 3.63) is 59.7 Å². The lowest BCUT2D eigenvalue weighted by Crippen LogP contribution is -2.40. The fraction of sp³-hybridized carbons (Fsp3) is 0.455. The molecule has 0 amide bonds. The van der Waals surface area contributed by atoms with E-state index in [4.69, 9.17) is 9.47 Å². The zero-order valence-electron chi connectivity index (χ0n) is 16.3. The predicted octanol–water partition coefficient (Wildman–Crippen LogP) is 4.04. The van der Waals surface area contributed by atoms with E-state index in [1.807, 2.05) is 43.3 Å². The molecule has 1 N–H and O–H groups in total. The van der Waals surface area contributed by atoms with Crippen molar-refractivity contribution in [3.8, 4) is 11.5 Å². The van der Waals surface area contributed by atoms with Gasteiger partial charge in [0, 0.05) is 19.1 Å². The largest absolute Gasteiger partial charge is 0.497 e. The third kappa shape index (κ3) is 6.04. The first-order valence-corrected chi connectivity index (χ1v) is 9.27. The number of hydrogen-bond acceptors (Lipinski definition) is 4. The van der Waals surface area contributed by atoms with Crippen LogP contribution in [-0.2, 0) is 6.54 Å². The Morgan fingerprint density at radius 1 is 1.08 bits per heavy atom. The molecule has 0 unspecified atom stereocenters. The summed E-state index contributed by atoms with van der Waals surface area (Å²) in [5.41, 5.74) is 2.29. The number of aliphatic hydroxyl groups excluding tert-OH is 1. The van der Waals surface area contributed by atoms with Gasteiger partial charge in [0.15, 0.2) is 0 Å². The number of ether oxygens (including phenoxy) is 2. The monoisotopic (exact) mass is 357 g/mol. The van der Waals surface area contributed by atoms with Gasteiger partial charge in [0.1, 0.15) is 24.2 Å². The van der Waals surface area contributed by atoms with Gasteiger partial charge in [-0.1, -0.05) is 37.3 Å². The maximum Gasteiger partial charge on any atom is 0.122 e. The molecule has 2 rings (SSSR count). The molecule has 0 aromatic heterocycles. The molecule has 0 spiro atoms. The lowest BCUT2D eigenvalue weighted by Gasteiger charge is -2.30. The van der Waals surface area contributed by atoms with E-state index in [1.165, 1.54) is 5.56 Å². The van der Waals surface area contributed by atoms with Gasteiger partial charge >= 0.3 is 0 Å². The molecule has 4 nitrogen and oxygen atoms in total. The van der Waals surface area contributed by atoms with Crippen LogP contribution in [0.15, 0.2) is 48.5 Å². The minimum absolute atomic E-state index is 0.292. The Morgan fingerprint density at radius 2 is 1.77 bits per heavy atom. The van der Waals surface area contributed by atoms with Gasteiger partial charge in [-0.25, -0.2) is 0 Å². The molecule has 2 aromatic carbocycles. The number of para-hydroxylation sites is 1. The van der Waals surface area contributed by atoms with E-state index in [-0.39, 0.29) is 0 Å². The SMILES string of the molecule is CC[C@@H](C)N(Cc1ccc(OC)cc1)C[C@@H](O)COc1ccccc1C. The normalized spacial score (nSPS) is 13.5. The highest BCUT2D eigenvalue weighted by atomic mass is 16.5. The molecule has 0 heterocycles. The molecular formula is C22H31NO3. The van der Waals surface area contributed by atoms with Crippen LogP contribution in [0.5, 0.6) is 11.5 Å². The Bertz CT molecular complexity index is 657. The summed E-state index contributed by atoms with van der Waals surface area (Å²) >= 11 is 0. The van der Waals surface area contributed by atoms with Crippen LogP contribution in [0.2, 0.25) is 0 Å². The average Bonchev–Trinajstić information content (AvgIpc) is 2.66. The van der Waals surface area contributed by atoms with Crippen molar-refractivity contribution in [2.45, 2.75) is 45.9 Å². The van der Waals surface area contributed by atoms with Crippen molar-refractivity contribution in [2.24, 2.45) is 0 Å². The molecule has 0 radical (unpaired) electrons. The molecular weight excluding hydrogens is 326 g/mol. The zero-order chi connectivity index (χ0) is 18.9. The van der Waals surface area contributed by atoms with E-state index in [0.29, 0.717) is 19.2 Å². The van der Waals surface area contributed by atoms with Crippen LogP contribution in [0.3, 0.4) is 0 Å². The second kappa shape index (κ2) is 10.2. The Balaban J connectivity index is 1.94. The van der Waals surface area contributed by atoms with Gasteiger partial charge in [-0.15, -0.1) is 0 Å². The number of methoxy groups -OCH3 is 1. The van der Waals surface area contributed by atoms with Crippen LogP contribution < -0.4 is 9.47 Å². The van der Waals surface area contributed by atoms with Crippen LogP contribution >= 0.6 is 0 Å². The smallest absolute Gasteiger partial charge is 0.122 e. The van der Waals surface area contributed by atoms with Gasteiger partial charge < -0.3 is 14.6 Å². The van der Waals surface area contributed by atoms with Crippen molar-refractivity contribution < 1.29 is 14.6 Å². The maximum absolute atomic E-state index is 10.5. The summed E-state index contributed by atoms with van der Waals surface area (Å²) in [6, 6.07) is 16.4. The van der Waals surface area contributed by atoms with Gasteiger partial charge in [0.05, 0.1) is 7.11 Å². The van der Waals surface area contributed by atoms with Crippen LogP contribution in [0.25, 0.3) is 0 Å². The van der Waals surface area contributed by atoms with Crippen LogP contribution in [0.4, 0.5) is 0 Å². The lowest BCUT2D eigenvalue weighted by atomic mass is 10.1. The summed E-state index contributed by atoms with van der Waals surface area (Å²) in [6.45, 7) is 8.03. The number of benzene rings is 2. The van der Waals surface area contributed by atoms with E-state index in [0.717, 1.165) is 30.0 Å². The minimum atomic E-state index is -0.540. The topological polar surface area (TPSA) is 41.9 Å². The fourth-order valence-corrected chi connectivity index (χ4v) is 2.85. The molecule has 0 aliphatic heterocycles. The van der Waals surface area contributed by atoms with E-state index >= 15 is 0 Å². The van der Waals surface area contributed by atoms with Crippen LogP contribution in [0.1, 0.15) is 31.4 Å². The maximum atomic E-state index is 10.5. The standard InChI is InChI=1S/C22H31NO3/c1-5-18(3)23(14-19-10-12-21(25-4)13-11-19)15-20(24)16-26-22-9-7-6-8-17(22)2/h6-13,18,20,24H,5,14-16H2,1-4H3/t18-,20-/m1/s1. The zero-order valence-corrected chi connectivity index (χ0v) is 16.3. The Labute approximate surface area is 157 Å². The second-order valence-corrected chi connectivity index (χ2v) is 6.77. The van der Waals surface area contributed by atoms with Gasteiger partial charge in [0.25, 0.3) is 0 Å². The van der Waals surface area contributed by atoms with Crippen molar-refractivity contribution in [3.63, 3.8) is 0 Å². The summed E-state index contributed by atoms with van der Waals surface area (Å²) in [5.74, 6) is 1.69. The highest BCUT2D eigenvalue weighted by Crippen LogP contribution is 2.18. The highest BCUT2D eigenvalue weighted by Gasteiger charge is 2.18. The number of hydrogen-bond donors (Lipinski definition) is 1. The molecule has 0 bridgehead atoms. The average molecular weight is 357 g/mol. The third-order valence-corrected chi connectivity index (χ3v) is 4.73. The first kappa shape index (κ1) is 20.3. The predicted molar refractivity (Wildman–Crippen MR) is 106 cm³/mol. The molecule has 26 heavy (non-hydrogen) atoms. The summed E-state index contributed by atoms with van der Waals surface area (Å²) < 4.78 is 11.0. The molecule has 0 aliphatic rings. The molecule has 0 fully saturated rings. The summed E-state index contributed by atoms with van der Waals surface area (Å²) in [4.78, 5) is 2.30. The molecule has 0 saturated carbocycles. The first-order chi connectivity index (χ1) is 12.5. The quantitative estimate of drug-likeness (QED) is 0.697. The Kier molecular flexibility index (Phi) is 7.95. The van der Waals surface area contributed by atoms with Crippen molar-refractivity contribution in [1.82, 2.24) is 4.90 Å². The van der Waals surface area contributed by atoms with Crippen LogP contribution in [0, 0.1) is 6.92 Å². The fourth-order valence-electron chi connectivity index (χ4n) is 2.85. The highest BCUT2D eigenvalue weighted by molar-refractivity contribution is 5.31. The minimum Gasteiger partial charge on any atom is -0.497 e. The summed E-state index contributed by atoms with van der Waals surface area (Å²) in [7, 11) is 1.67. The van der Waals surface area contributed by atoms with E-state index in [1.54, 1.807) is 7.11 Å². The van der Waals surface area contributed by atoms with Crippen molar-refractivity contribution >= 4 is 0 Å². The van der Waals surface area contributed by atoms with Crippen molar-refractivity contribution in [1.29, 1.82) is 0 Å². The Morgan fingerprint density at radius 3 is 2.38 bits per heavy atom. The number of nitrogens with zero attached hydrogens (tertiary/aromatic N) is 1. The van der Waals surface area contributed by atoms with Crippen LogP contribution in [-0.4, -0.2) is 42.4 Å². The molecule has 2 atom stereocenters. The molecule has 0 aliphatic carbocycles. The van der Waals surface area contributed by atoms with E-state index in [2.05, 4.69) is 30.9 Å². The van der Waals surface area contributed by atoms with Crippen molar-refractivity contribution in [2.75, 3.05) is 20.3 Å². The molecule has 4 heteroatoms. The molecule has 0 saturated heterocycles. The Hall–Kier alpha value is -2.04. The second-order valence-electron chi connectivity index (χ2n) is 6.77. The third-order valence-electron chi connectivity index (χ3n) is 4.73. The summed E-state index contributed by atoms with van der Waals surface area (Å²) in [5, 5.41) is 10.5.